The molecule has 2 aromatic heterocycles. The van der Waals surface area contributed by atoms with Crippen LogP contribution in [0, 0.1) is 0 Å². The van der Waals surface area contributed by atoms with E-state index in [1.165, 1.54) is 12.1 Å². The minimum atomic E-state index is -4.35. The maximum absolute atomic E-state index is 12.1. The van der Waals surface area contributed by atoms with E-state index in [2.05, 4.69) is 30.7 Å². The molecule has 0 aliphatic rings. The number of halogens is 4. The maximum atomic E-state index is 12.1. The fourth-order valence-corrected chi connectivity index (χ4v) is 2.34. The highest BCUT2D eigenvalue weighted by Gasteiger charge is 2.28. The lowest BCUT2D eigenvalue weighted by atomic mass is 10.1. The molecular weight excluding hydrogens is 363 g/mol. The van der Waals surface area contributed by atoms with Gasteiger partial charge in [0.25, 0.3) is 0 Å². The van der Waals surface area contributed by atoms with E-state index in [9.17, 15) is 13.2 Å². The Morgan fingerprint density at radius 3 is 2.55 bits per heavy atom. The summed E-state index contributed by atoms with van der Waals surface area (Å²) in [6.45, 7) is -1.31. The van der Waals surface area contributed by atoms with E-state index in [1.807, 2.05) is 12.1 Å². The molecule has 0 spiro atoms. The largest absolute Gasteiger partial charge is 0.484 e. The molecule has 0 bridgehead atoms. The molecule has 3 aromatic rings. The number of hydrogen-bond acceptors (Lipinski definition) is 3. The van der Waals surface area contributed by atoms with Crippen LogP contribution in [0.1, 0.15) is 0 Å². The highest BCUT2D eigenvalue weighted by Crippen LogP contribution is 2.27. The van der Waals surface area contributed by atoms with Gasteiger partial charge in [0.1, 0.15) is 5.75 Å². The van der Waals surface area contributed by atoms with Crippen molar-refractivity contribution >= 4 is 21.6 Å². The molecule has 0 fully saturated rings. The molecule has 0 unspecified atom stereocenters. The molecule has 0 aliphatic heterocycles. The van der Waals surface area contributed by atoms with E-state index in [0.717, 1.165) is 11.1 Å². The molecule has 0 N–H and O–H groups in total. The Hall–Kier alpha value is -2.09. The van der Waals surface area contributed by atoms with Crippen LogP contribution in [0.25, 0.3) is 16.8 Å². The number of alkyl halides is 3. The van der Waals surface area contributed by atoms with Gasteiger partial charge < -0.3 is 4.74 Å². The quantitative estimate of drug-likeness (QED) is 0.695. The van der Waals surface area contributed by atoms with Gasteiger partial charge in [-0.15, -0.1) is 5.10 Å². The zero-order valence-corrected chi connectivity index (χ0v) is 12.6. The molecule has 114 valence electrons. The van der Waals surface area contributed by atoms with Crippen molar-refractivity contribution in [2.45, 2.75) is 6.18 Å². The lowest BCUT2D eigenvalue weighted by Crippen LogP contribution is -2.19. The molecule has 3 rings (SSSR count). The van der Waals surface area contributed by atoms with Crippen molar-refractivity contribution in [3.63, 3.8) is 0 Å². The van der Waals surface area contributed by atoms with Crippen molar-refractivity contribution in [1.82, 2.24) is 14.6 Å². The molecule has 0 saturated carbocycles. The summed E-state index contributed by atoms with van der Waals surface area (Å²) < 4.78 is 43.1. The molecule has 4 nitrogen and oxygen atoms in total. The number of rotatable bonds is 3. The van der Waals surface area contributed by atoms with Crippen LogP contribution in [-0.4, -0.2) is 27.4 Å². The lowest BCUT2D eigenvalue weighted by Gasteiger charge is -2.09. The van der Waals surface area contributed by atoms with E-state index in [4.69, 9.17) is 0 Å². The van der Waals surface area contributed by atoms with Crippen LogP contribution in [0.5, 0.6) is 5.75 Å². The average molecular weight is 372 g/mol. The van der Waals surface area contributed by atoms with E-state index in [0.29, 0.717) is 10.4 Å². The fraction of sp³-hybridized carbons (Fsp3) is 0.143. The Labute approximate surface area is 131 Å². The third-order valence-corrected chi connectivity index (χ3v) is 3.24. The van der Waals surface area contributed by atoms with Gasteiger partial charge in [0.05, 0.1) is 0 Å². The summed E-state index contributed by atoms with van der Waals surface area (Å²) >= 11 is 3.21. The van der Waals surface area contributed by atoms with Gasteiger partial charge in [0.2, 0.25) is 4.73 Å². The second-order valence-electron chi connectivity index (χ2n) is 4.50. The average Bonchev–Trinajstić information content (AvgIpc) is 2.85. The summed E-state index contributed by atoms with van der Waals surface area (Å²) in [5.74, 6) is 0.163. The van der Waals surface area contributed by atoms with Crippen LogP contribution < -0.4 is 4.74 Å². The molecule has 1 aromatic carbocycles. The van der Waals surface area contributed by atoms with Crippen molar-refractivity contribution in [3.05, 3.63) is 47.3 Å². The van der Waals surface area contributed by atoms with E-state index in [1.54, 1.807) is 22.8 Å². The van der Waals surface area contributed by atoms with Gasteiger partial charge in [0.15, 0.2) is 12.3 Å². The van der Waals surface area contributed by atoms with E-state index in [-0.39, 0.29) is 5.75 Å². The molecule has 0 amide bonds. The summed E-state index contributed by atoms with van der Waals surface area (Å²) in [6, 6.07) is 10.0. The Bertz CT molecular complexity index is 799. The van der Waals surface area contributed by atoms with Crippen LogP contribution in [-0.2, 0) is 0 Å². The minimum Gasteiger partial charge on any atom is -0.484 e. The van der Waals surface area contributed by atoms with Gasteiger partial charge >= 0.3 is 6.18 Å². The Balaban J connectivity index is 1.88. The van der Waals surface area contributed by atoms with Crippen molar-refractivity contribution < 1.29 is 17.9 Å². The predicted molar refractivity (Wildman–Crippen MR) is 77.7 cm³/mol. The zero-order chi connectivity index (χ0) is 15.7. The second-order valence-corrected chi connectivity index (χ2v) is 5.21. The Morgan fingerprint density at radius 2 is 1.86 bits per heavy atom. The van der Waals surface area contributed by atoms with Crippen LogP contribution >= 0.6 is 15.9 Å². The van der Waals surface area contributed by atoms with Crippen LogP contribution in [0.4, 0.5) is 13.2 Å². The van der Waals surface area contributed by atoms with Crippen molar-refractivity contribution in [1.29, 1.82) is 0 Å². The summed E-state index contributed by atoms with van der Waals surface area (Å²) in [5, 5.41) is 4.15. The zero-order valence-electron chi connectivity index (χ0n) is 11.0. The van der Waals surface area contributed by atoms with E-state index < -0.39 is 12.8 Å². The first kappa shape index (κ1) is 14.8. The fourth-order valence-electron chi connectivity index (χ4n) is 2.00. The number of hydrogen-bond donors (Lipinski definition) is 0. The third-order valence-electron chi connectivity index (χ3n) is 2.90. The smallest absolute Gasteiger partial charge is 0.422 e. The van der Waals surface area contributed by atoms with Gasteiger partial charge in [-0.3, -0.25) is 0 Å². The molecular formula is C14H9BrF3N3O. The first-order valence-corrected chi connectivity index (χ1v) is 7.02. The number of benzene rings is 1. The topological polar surface area (TPSA) is 39.4 Å². The first-order chi connectivity index (χ1) is 10.4. The van der Waals surface area contributed by atoms with Gasteiger partial charge in [-0.1, -0.05) is 12.1 Å². The van der Waals surface area contributed by atoms with E-state index >= 15 is 0 Å². The molecule has 0 aliphatic carbocycles. The molecule has 0 saturated heterocycles. The number of fused-ring (bicyclic) bond motifs is 1. The maximum Gasteiger partial charge on any atom is 0.422 e. The van der Waals surface area contributed by atoms with Crippen molar-refractivity contribution in [2.24, 2.45) is 0 Å². The van der Waals surface area contributed by atoms with Crippen LogP contribution in [0.15, 0.2) is 47.3 Å². The summed E-state index contributed by atoms with van der Waals surface area (Å²) in [4.78, 5) is 4.27. The van der Waals surface area contributed by atoms with Gasteiger partial charge in [-0.25, -0.2) is 9.50 Å². The molecule has 22 heavy (non-hydrogen) atoms. The highest BCUT2D eigenvalue weighted by molar-refractivity contribution is 9.10. The molecule has 0 radical (unpaired) electrons. The van der Waals surface area contributed by atoms with Gasteiger partial charge in [-0.2, -0.15) is 13.2 Å². The number of pyridine rings is 1. The van der Waals surface area contributed by atoms with Crippen molar-refractivity contribution in [2.75, 3.05) is 6.61 Å². The van der Waals surface area contributed by atoms with Crippen LogP contribution in [0.3, 0.4) is 0 Å². The van der Waals surface area contributed by atoms with Crippen molar-refractivity contribution in [3.8, 4) is 16.9 Å². The normalized spacial score (nSPS) is 11.8. The van der Waals surface area contributed by atoms with Gasteiger partial charge in [0, 0.05) is 11.8 Å². The summed E-state index contributed by atoms with van der Waals surface area (Å²) in [6.07, 6.45) is -2.59. The monoisotopic (exact) mass is 371 g/mol. The first-order valence-electron chi connectivity index (χ1n) is 6.23. The summed E-state index contributed by atoms with van der Waals surface area (Å²) in [7, 11) is 0. The van der Waals surface area contributed by atoms with Gasteiger partial charge in [-0.05, 0) is 45.8 Å². The molecule has 0 atom stereocenters. The molecule has 8 heteroatoms. The number of aromatic nitrogens is 3. The SMILES string of the molecule is FC(F)(F)COc1ccc(-c2cccn3nc(Br)nc23)cc1. The summed E-state index contributed by atoms with van der Waals surface area (Å²) in [5.41, 5.74) is 2.28. The second kappa shape index (κ2) is 5.60. The number of ether oxygens (including phenoxy) is 1. The Morgan fingerprint density at radius 1 is 1.14 bits per heavy atom. The number of nitrogens with zero attached hydrogens (tertiary/aromatic N) is 3. The lowest BCUT2D eigenvalue weighted by molar-refractivity contribution is -0.153. The third kappa shape index (κ3) is 3.22. The van der Waals surface area contributed by atoms with Crippen LogP contribution in [0.2, 0.25) is 0 Å². The highest BCUT2D eigenvalue weighted by atomic mass is 79.9. The standard InChI is InChI=1S/C14H9BrF3N3O/c15-13-19-12-11(2-1-7-21(12)20-13)9-3-5-10(6-4-9)22-8-14(16,17)18/h1-7H,8H2. The molecule has 2 heterocycles. The Kier molecular flexibility index (Phi) is 3.78. The predicted octanol–water partition coefficient (Wildman–Crippen LogP) is 4.10. The minimum absolute atomic E-state index is 0.163.